The van der Waals surface area contributed by atoms with E-state index in [1.54, 1.807) is 0 Å². The van der Waals surface area contributed by atoms with Crippen molar-refractivity contribution >= 4 is 23.2 Å². The minimum absolute atomic E-state index is 0. The molecule has 4 heteroatoms. The highest BCUT2D eigenvalue weighted by Crippen LogP contribution is 2.56. The quantitative estimate of drug-likeness (QED) is 0.236. The summed E-state index contributed by atoms with van der Waals surface area (Å²) in [5.74, 6) is 0. The van der Waals surface area contributed by atoms with Crippen LogP contribution in [0.2, 0.25) is 0 Å². The Morgan fingerprint density at radius 1 is 0.771 bits per heavy atom. The standard InChI is InChI=1S/C31H40O2P.BrH/c1-2-16-27(33-31-24-15-25-32-31)17-7-6-14-26-34(28-18-8-3-9-19-28,29-20-10-4-11-21-29)30-22-12-5-13-23-30;/h3-5,8-13,18-23,27,31H,2,6-7,14-17,24-26H2,1H3;1H/q+1;/p-1. The van der Waals surface area contributed by atoms with Crippen LogP contribution in [0, 0.1) is 0 Å². The van der Waals surface area contributed by atoms with Gasteiger partial charge in [-0.15, -0.1) is 0 Å². The predicted molar refractivity (Wildman–Crippen MR) is 147 cm³/mol. The summed E-state index contributed by atoms with van der Waals surface area (Å²) in [5.41, 5.74) is 0. The van der Waals surface area contributed by atoms with Crippen LogP contribution >= 0.6 is 7.26 Å². The number of hydrogen-bond donors (Lipinski definition) is 0. The normalized spacial score (nSPS) is 16.5. The van der Waals surface area contributed by atoms with Crippen LogP contribution < -0.4 is 32.9 Å². The first-order valence-corrected chi connectivity index (χ1v) is 15.1. The molecule has 0 bridgehead atoms. The van der Waals surface area contributed by atoms with Crippen molar-refractivity contribution in [2.24, 2.45) is 0 Å². The van der Waals surface area contributed by atoms with Gasteiger partial charge in [-0.05, 0) is 68.5 Å². The van der Waals surface area contributed by atoms with Crippen LogP contribution in [0.3, 0.4) is 0 Å². The second-order valence-electron chi connectivity index (χ2n) is 9.38. The van der Waals surface area contributed by atoms with Gasteiger partial charge in [0, 0.05) is 13.0 Å². The van der Waals surface area contributed by atoms with Crippen molar-refractivity contribution < 1.29 is 26.5 Å². The van der Waals surface area contributed by atoms with E-state index in [0.717, 1.165) is 32.3 Å². The molecule has 0 radical (unpaired) electrons. The van der Waals surface area contributed by atoms with Crippen molar-refractivity contribution in [2.45, 2.75) is 70.7 Å². The Bertz CT molecular complexity index is 849. The lowest BCUT2D eigenvalue weighted by molar-refractivity contribution is -0.147. The average Bonchev–Trinajstić information content (AvgIpc) is 3.41. The van der Waals surface area contributed by atoms with E-state index in [9.17, 15) is 0 Å². The Balaban J connectivity index is 0.00000342. The summed E-state index contributed by atoms with van der Waals surface area (Å²) in [7, 11) is -1.71. The summed E-state index contributed by atoms with van der Waals surface area (Å²) >= 11 is 0. The molecule has 0 N–H and O–H groups in total. The molecule has 2 unspecified atom stereocenters. The minimum atomic E-state index is -1.71. The number of benzene rings is 3. The maximum atomic E-state index is 6.29. The largest absolute Gasteiger partial charge is 1.00 e. The molecule has 1 aliphatic rings. The fourth-order valence-corrected chi connectivity index (χ4v) is 9.66. The van der Waals surface area contributed by atoms with Crippen LogP contribution in [0.4, 0.5) is 0 Å². The Morgan fingerprint density at radius 3 is 1.77 bits per heavy atom. The second-order valence-corrected chi connectivity index (χ2v) is 13.0. The van der Waals surface area contributed by atoms with Crippen LogP contribution in [0.25, 0.3) is 0 Å². The summed E-state index contributed by atoms with van der Waals surface area (Å²) in [5, 5.41) is 4.45. The zero-order valence-electron chi connectivity index (χ0n) is 21.0. The van der Waals surface area contributed by atoms with Crippen molar-refractivity contribution in [1.29, 1.82) is 0 Å². The van der Waals surface area contributed by atoms with Gasteiger partial charge in [0.2, 0.25) is 0 Å². The number of unbranched alkanes of at least 4 members (excludes halogenated alkanes) is 2. The van der Waals surface area contributed by atoms with Crippen molar-refractivity contribution in [2.75, 3.05) is 12.8 Å². The summed E-state index contributed by atoms with van der Waals surface area (Å²) in [6.07, 6.45) is 10.9. The van der Waals surface area contributed by atoms with Gasteiger partial charge < -0.3 is 26.5 Å². The molecule has 0 aliphatic carbocycles. The number of ether oxygens (including phenoxy) is 2. The molecular weight excluding hydrogens is 515 g/mol. The molecule has 0 aromatic heterocycles. The fraction of sp³-hybridized carbons (Fsp3) is 0.419. The summed E-state index contributed by atoms with van der Waals surface area (Å²) in [6.45, 7) is 3.11. The molecule has 188 valence electrons. The van der Waals surface area contributed by atoms with Crippen molar-refractivity contribution in [3.63, 3.8) is 0 Å². The van der Waals surface area contributed by atoms with Gasteiger partial charge in [0.15, 0.2) is 6.29 Å². The molecule has 3 aromatic carbocycles. The van der Waals surface area contributed by atoms with E-state index in [0.29, 0.717) is 6.10 Å². The second kappa shape index (κ2) is 14.9. The molecule has 0 saturated carbocycles. The van der Waals surface area contributed by atoms with E-state index < -0.39 is 7.26 Å². The lowest BCUT2D eigenvalue weighted by atomic mass is 10.1. The molecular formula is C31H40BrO2P. The predicted octanol–water partition coefficient (Wildman–Crippen LogP) is 3.87. The zero-order valence-corrected chi connectivity index (χ0v) is 23.5. The average molecular weight is 556 g/mol. The molecule has 3 aromatic rings. The van der Waals surface area contributed by atoms with Gasteiger partial charge >= 0.3 is 0 Å². The van der Waals surface area contributed by atoms with Gasteiger partial charge in [-0.25, -0.2) is 0 Å². The first-order valence-electron chi connectivity index (χ1n) is 13.1. The minimum Gasteiger partial charge on any atom is -1.00 e. The summed E-state index contributed by atoms with van der Waals surface area (Å²) in [4.78, 5) is 0. The SMILES string of the molecule is CCCC(CCCCC[P+](c1ccccc1)(c1ccccc1)c1ccccc1)OC1CCCO1.[Br-]. The van der Waals surface area contributed by atoms with Crippen LogP contribution in [0.1, 0.15) is 58.3 Å². The van der Waals surface area contributed by atoms with Crippen molar-refractivity contribution in [3.8, 4) is 0 Å². The van der Waals surface area contributed by atoms with Gasteiger partial charge in [0.25, 0.3) is 0 Å². The number of halogens is 1. The van der Waals surface area contributed by atoms with Crippen LogP contribution in [0.5, 0.6) is 0 Å². The molecule has 35 heavy (non-hydrogen) atoms. The highest BCUT2D eigenvalue weighted by Gasteiger charge is 2.44. The third-order valence-electron chi connectivity index (χ3n) is 6.95. The molecule has 1 saturated heterocycles. The third-order valence-corrected chi connectivity index (χ3v) is 11.5. The first kappa shape index (κ1) is 28.1. The van der Waals surface area contributed by atoms with Crippen LogP contribution in [-0.4, -0.2) is 25.2 Å². The molecule has 0 amide bonds. The van der Waals surface area contributed by atoms with Crippen LogP contribution in [-0.2, 0) is 9.47 Å². The van der Waals surface area contributed by atoms with E-state index in [2.05, 4.69) is 97.9 Å². The third kappa shape index (κ3) is 7.49. The van der Waals surface area contributed by atoms with E-state index in [1.165, 1.54) is 47.8 Å². The lowest BCUT2D eigenvalue weighted by Crippen LogP contribution is -3.00. The van der Waals surface area contributed by atoms with Crippen molar-refractivity contribution in [1.82, 2.24) is 0 Å². The summed E-state index contributed by atoms with van der Waals surface area (Å²) < 4.78 is 12.0. The highest BCUT2D eigenvalue weighted by molar-refractivity contribution is 7.95. The van der Waals surface area contributed by atoms with E-state index >= 15 is 0 Å². The van der Waals surface area contributed by atoms with Gasteiger partial charge in [-0.3, -0.25) is 0 Å². The molecule has 1 aliphatic heterocycles. The highest BCUT2D eigenvalue weighted by atomic mass is 79.9. The number of hydrogen-bond acceptors (Lipinski definition) is 2. The monoisotopic (exact) mass is 554 g/mol. The molecule has 2 atom stereocenters. The molecule has 0 spiro atoms. The first-order chi connectivity index (χ1) is 16.8. The Hall–Kier alpha value is -1.51. The van der Waals surface area contributed by atoms with Gasteiger partial charge in [0.05, 0.1) is 12.3 Å². The smallest absolute Gasteiger partial charge is 0.158 e. The molecule has 2 nitrogen and oxygen atoms in total. The molecule has 1 heterocycles. The Morgan fingerprint density at radius 2 is 1.31 bits per heavy atom. The maximum Gasteiger partial charge on any atom is 0.158 e. The zero-order chi connectivity index (χ0) is 23.5. The Kier molecular flexibility index (Phi) is 12.0. The van der Waals surface area contributed by atoms with Gasteiger partial charge in [-0.2, -0.15) is 0 Å². The van der Waals surface area contributed by atoms with Gasteiger partial charge in [0.1, 0.15) is 23.2 Å². The van der Waals surface area contributed by atoms with E-state index in [1.807, 2.05) is 0 Å². The molecule has 1 fully saturated rings. The number of rotatable bonds is 13. The fourth-order valence-electron chi connectivity index (χ4n) is 5.25. The van der Waals surface area contributed by atoms with Gasteiger partial charge in [-0.1, -0.05) is 74.4 Å². The van der Waals surface area contributed by atoms with E-state index in [-0.39, 0.29) is 23.3 Å². The topological polar surface area (TPSA) is 18.5 Å². The molecule has 4 rings (SSSR count). The Labute approximate surface area is 223 Å². The van der Waals surface area contributed by atoms with Crippen molar-refractivity contribution in [3.05, 3.63) is 91.0 Å². The maximum absolute atomic E-state index is 6.29. The summed E-state index contributed by atoms with van der Waals surface area (Å²) in [6, 6.07) is 33.7. The lowest BCUT2D eigenvalue weighted by Gasteiger charge is -2.28. The van der Waals surface area contributed by atoms with E-state index in [4.69, 9.17) is 9.47 Å². The van der Waals surface area contributed by atoms with Crippen LogP contribution in [0.15, 0.2) is 91.0 Å².